The van der Waals surface area contributed by atoms with Gasteiger partial charge in [0, 0.05) is 14.2 Å². The summed E-state index contributed by atoms with van der Waals surface area (Å²) in [6.45, 7) is 3.66. The molecule has 0 fully saturated rings. The summed E-state index contributed by atoms with van der Waals surface area (Å²) < 4.78 is 11.3. The van der Waals surface area contributed by atoms with Crippen molar-refractivity contribution in [2.24, 2.45) is 0 Å². The van der Waals surface area contributed by atoms with Crippen molar-refractivity contribution in [3.8, 4) is 5.75 Å². The van der Waals surface area contributed by atoms with Crippen LogP contribution in [0, 0.1) is 0 Å². The van der Waals surface area contributed by atoms with Crippen LogP contribution in [0.5, 0.6) is 5.75 Å². The zero-order valence-electron chi connectivity index (χ0n) is 11.7. The third kappa shape index (κ3) is 2.55. The average Bonchev–Trinajstić information content (AvgIpc) is 2.62. The Hall–Kier alpha value is -1.26. The molecular formula is C15H22N2O2. The van der Waals surface area contributed by atoms with Crippen molar-refractivity contribution in [3.05, 3.63) is 23.3 Å². The third-order valence-corrected chi connectivity index (χ3v) is 3.96. The SMILES string of the molecule is COC[C@H]1CN(C)c2cc3c(cc2O1)CCNCC3. The summed E-state index contributed by atoms with van der Waals surface area (Å²) in [4.78, 5) is 2.28. The molecule has 1 aromatic rings. The lowest BCUT2D eigenvalue weighted by molar-refractivity contribution is 0.0800. The molecule has 0 radical (unpaired) electrons. The summed E-state index contributed by atoms with van der Waals surface area (Å²) in [6.07, 6.45) is 2.33. The highest BCUT2D eigenvalue weighted by molar-refractivity contribution is 5.63. The minimum atomic E-state index is 0.129. The van der Waals surface area contributed by atoms with E-state index in [1.165, 1.54) is 16.8 Å². The lowest BCUT2D eigenvalue weighted by Gasteiger charge is -2.34. The van der Waals surface area contributed by atoms with Crippen LogP contribution in [-0.4, -0.2) is 46.5 Å². The topological polar surface area (TPSA) is 33.7 Å². The van der Waals surface area contributed by atoms with Crippen LogP contribution < -0.4 is 15.0 Å². The second kappa shape index (κ2) is 5.39. The molecule has 0 aliphatic carbocycles. The summed E-state index contributed by atoms with van der Waals surface area (Å²) in [5, 5.41) is 3.45. The summed E-state index contributed by atoms with van der Waals surface area (Å²) in [5.74, 6) is 1.01. The minimum Gasteiger partial charge on any atom is -0.484 e. The van der Waals surface area contributed by atoms with Crippen molar-refractivity contribution >= 4 is 5.69 Å². The van der Waals surface area contributed by atoms with E-state index in [-0.39, 0.29) is 6.10 Å². The first-order valence-corrected chi connectivity index (χ1v) is 7.01. The monoisotopic (exact) mass is 262 g/mol. The van der Waals surface area contributed by atoms with E-state index in [9.17, 15) is 0 Å². The Kier molecular flexibility index (Phi) is 3.62. The number of nitrogens with zero attached hydrogens (tertiary/aromatic N) is 1. The third-order valence-electron chi connectivity index (χ3n) is 3.96. The molecule has 1 N–H and O–H groups in total. The van der Waals surface area contributed by atoms with Crippen molar-refractivity contribution in [1.29, 1.82) is 0 Å². The molecule has 3 rings (SSSR count). The van der Waals surface area contributed by atoms with Crippen molar-refractivity contribution in [1.82, 2.24) is 5.32 Å². The van der Waals surface area contributed by atoms with E-state index in [0.717, 1.165) is 38.2 Å². The summed E-state index contributed by atoms with van der Waals surface area (Å²) in [5.41, 5.74) is 4.10. The number of hydrogen-bond donors (Lipinski definition) is 1. The van der Waals surface area contributed by atoms with Crippen molar-refractivity contribution in [3.63, 3.8) is 0 Å². The van der Waals surface area contributed by atoms with Gasteiger partial charge in [-0.2, -0.15) is 0 Å². The second-order valence-corrected chi connectivity index (χ2v) is 5.41. The van der Waals surface area contributed by atoms with Crippen LogP contribution >= 0.6 is 0 Å². The van der Waals surface area contributed by atoms with E-state index in [1.54, 1.807) is 7.11 Å². The number of anilines is 1. The van der Waals surface area contributed by atoms with Crippen LogP contribution in [0.25, 0.3) is 0 Å². The van der Waals surface area contributed by atoms with E-state index < -0.39 is 0 Å². The van der Waals surface area contributed by atoms with Gasteiger partial charge in [-0.05, 0) is 49.2 Å². The lowest BCUT2D eigenvalue weighted by atomic mass is 10.00. The number of hydrogen-bond acceptors (Lipinski definition) is 4. The number of ether oxygens (including phenoxy) is 2. The highest BCUT2D eigenvalue weighted by Gasteiger charge is 2.25. The average molecular weight is 262 g/mol. The molecule has 0 spiro atoms. The molecule has 4 heteroatoms. The fraction of sp³-hybridized carbons (Fsp3) is 0.600. The van der Waals surface area contributed by atoms with Crippen molar-refractivity contribution in [2.75, 3.05) is 45.3 Å². The summed E-state index contributed by atoms with van der Waals surface area (Å²) in [7, 11) is 3.85. The number of methoxy groups -OCH3 is 1. The Labute approximate surface area is 114 Å². The van der Waals surface area contributed by atoms with E-state index >= 15 is 0 Å². The number of benzene rings is 1. The number of nitrogens with one attached hydrogen (secondary N) is 1. The molecule has 1 aromatic carbocycles. The van der Waals surface area contributed by atoms with E-state index in [0.29, 0.717) is 6.61 Å². The van der Waals surface area contributed by atoms with E-state index in [1.807, 2.05) is 0 Å². The molecule has 2 heterocycles. The Bertz CT molecular complexity index is 462. The largest absolute Gasteiger partial charge is 0.484 e. The van der Waals surface area contributed by atoms with E-state index in [4.69, 9.17) is 9.47 Å². The molecule has 19 heavy (non-hydrogen) atoms. The van der Waals surface area contributed by atoms with Gasteiger partial charge >= 0.3 is 0 Å². The predicted octanol–water partition coefficient (Wildman–Crippen LogP) is 1.22. The first-order valence-electron chi connectivity index (χ1n) is 7.01. The van der Waals surface area contributed by atoms with Crippen LogP contribution in [0.2, 0.25) is 0 Å². The Morgan fingerprint density at radius 2 is 2.05 bits per heavy atom. The van der Waals surface area contributed by atoms with Gasteiger partial charge in [0.1, 0.15) is 11.9 Å². The van der Waals surface area contributed by atoms with Gasteiger partial charge in [0.25, 0.3) is 0 Å². The Morgan fingerprint density at radius 1 is 1.32 bits per heavy atom. The van der Waals surface area contributed by atoms with Gasteiger partial charge in [-0.15, -0.1) is 0 Å². The molecule has 0 saturated heterocycles. The Morgan fingerprint density at radius 3 is 2.79 bits per heavy atom. The number of rotatable bonds is 2. The van der Waals surface area contributed by atoms with Gasteiger partial charge < -0.3 is 19.7 Å². The normalized spacial score (nSPS) is 22.2. The number of likely N-dealkylation sites (N-methyl/N-ethyl adjacent to an activating group) is 1. The highest BCUT2D eigenvalue weighted by Crippen LogP contribution is 2.36. The van der Waals surface area contributed by atoms with Crippen LogP contribution in [0.3, 0.4) is 0 Å². The molecule has 0 unspecified atom stereocenters. The maximum Gasteiger partial charge on any atom is 0.143 e. The molecule has 2 aliphatic rings. The number of fused-ring (bicyclic) bond motifs is 2. The van der Waals surface area contributed by atoms with Gasteiger partial charge in [-0.3, -0.25) is 0 Å². The molecule has 0 bridgehead atoms. The maximum atomic E-state index is 6.06. The lowest BCUT2D eigenvalue weighted by Crippen LogP contribution is -2.40. The maximum absolute atomic E-state index is 6.06. The quantitative estimate of drug-likeness (QED) is 0.869. The molecule has 0 aromatic heterocycles. The van der Waals surface area contributed by atoms with Crippen molar-refractivity contribution < 1.29 is 9.47 Å². The first kappa shape index (κ1) is 12.8. The van der Waals surface area contributed by atoms with Gasteiger partial charge in [-0.1, -0.05) is 0 Å². The fourth-order valence-corrected chi connectivity index (χ4v) is 2.98. The summed E-state index contributed by atoms with van der Waals surface area (Å²) >= 11 is 0. The molecular weight excluding hydrogens is 240 g/mol. The van der Waals surface area contributed by atoms with Crippen molar-refractivity contribution in [2.45, 2.75) is 18.9 Å². The molecule has 4 nitrogen and oxygen atoms in total. The predicted molar refractivity (Wildman–Crippen MR) is 76.3 cm³/mol. The molecule has 104 valence electrons. The van der Waals surface area contributed by atoms with E-state index in [2.05, 4.69) is 29.4 Å². The zero-order valence-corrected chi connectivity index (χ0v) is 11.7. The van der Waals surface area contributed by atoms with Crippen LogP contribution in [0.15, 0.2) is 12.1 Å². The second-order valence-electron chi connectivity index (χ2n) is 5.41. The van der Waals surface area contributed by atoms with Crippen LogP contribution in [-0.2, 0) is 17.6 Å². The van der Waals surface area contributed by atoms with Gasteiger partial charge in [-0.25, -0.2) is 0 Å². The first-order chi connectivity index (χ1) is 9.28. The molecule has 0 saturated carbocycles. The molecule has 0 amide bonds. The minimum absolute atomic E-state index is 0.129. The standard InChI is InChI=1S/C15H22N2O2/c1-17-9-13(10-18-2)19-15-8-12-4-6-16-5-3-11(12)7-14(15)17/h7-8,13,16H,3-6,9-10H2,1-2H3/t13-/m1/s1. The molecule has 1 atom stereocenters. The smallest absolute Gasteiger partial charge is 0.143 e. The Balaban J connectivity index is 1.92. The van der Waals surface area contributed by atoms with Crippen LogP contribution in [0.4, 0.5) is 5.69 Å². The van der Waals surface area contributed by atoms with Crippen LogP contribution in [0.1, 0.15) is 11.1 Å². The summed E-state index contributed by atoms with van der Waals surface area (Å²) in [6, 6.07) is 4.54. The molecule has 2 aliphatic heterocycles. The van der Waals surface area contributed by atoms with Gasteiger partial charge in [0.2, 0.25) is 0 Å². The van der Waals surface area contributed by atoms with Gasteiger partial charge in [0.05, 0.1) is 18.8 Å². The zero-order chi connectivity index (χ0) is 13.2. The fourth-order valence-electron chi connectivity index (χ4n) is 2.98. The van der Waals surface area contributed by atoms with Gasteiger partial charge in [0.15, 0.2) is 0 Å². The highest BCUT2D eigenvalue weighted by atomic mass is 16.5.